The van der Waals surface area contributed by atoms with E-state index in [0.717, 1.165) is 17.7 Å². The van der Waals surface area contributed by atoms with E-state index in [2.05, 4.69) is 9.97 Å². The van der Waals surface area contributed by atoms with Gasteiger partial charge in [-0.3, -0.25) is 0 Å². The lowest BCUT2D eigenvalue weighted by atomic mass is 10.1. The first-order chi connectivity index (χ1) is 8.25. The van der Waals surface area contributed by atoms with Crippen LogP contribution in [0.15, 0.2) is 36.5 Å². The fourth-order valence-corrected chi connectivity index (χ4v) is 1.54. The molecule has 0 spiro atoms. The maximum absolute atomic E-state index is 5.84. The van der Waals surface area contributed by atoms with E-state index in [4.69, 9.17) is 10.5 Å². The van der Waals surface area contributed by atoms with Crippen LogP contribution in [0.25, 0.3) is 0 Å². The number of hydrogen-bond acceptors (Lipinski definition) is 4. The summed E-state index contributed by atoms with van der Waals surface area (Å²) in [6.07, 6.45) is 2.46. The van der Waals surface area contributed by atoms with Crippen LogP contribution in [0.3, 0.4) is 0 Å². The van der Waals surface area contributed by atoms with Crippen LogP contribution in [0, 0.1) is 6.92 Å². The standard InChI is InChI=1S/C13H15N3O/c1-10-15-8-6-13(16-10)17-9-7-11-4-2-3-5-12(11)14/h2-6,8H,7,9,14H2,1H3. The second-order valence-electron chi connectivity index (χ2n) is 3.74. The molecule has 0 saturated heterocycles. The third-order valence-corrected chi connectivity index (χ3v) is 2.43. The van der Waals surface area contributed by atoms with Gasteiger partial charge in [0.15, 0.2) is 0 Å². The molecule has 0 aliphatic heterocycles. The first-order valence-electron chi connectivity index (χ1n) is 5.51. The second-order valence-corrected chi connectivity index (χ2v) is 3.74. The lowest BCUT2D eigenvalue weighted by Gasteiger charge is -2.07. The summed E-state index contributed by atoms with van der Waals surface area (Å²) in [5.74, 6) is 1.31. The van der Waals surface area contributed by atoms with Crippen molar-refractivity contribution in [1.82, 2.24) is 9.97 Å². The topological polar surface area (TPSA) is 61.0 Å². The highest BCUT2D eigenvalue weighted by Crippen LogP contribution is 2.12. The molecule has 2 aromatic rings. The molecule has 0 bridgehead atoms. The normalized spacial score (nSPS) is 10.2. The fraction of sp³-hybridized carbons (Fsp3) is 0.231. The van der Waals surface area contributed by atoms with Crippen LogP contribution in [-0.2, 0) is 6.42 Å². The van der Waals surface area contributed by atoms with Gasteiger partial charge in [-0.25, -0.2) is 4.98 Å². The van der Waals surface area contributed by atoms with Crippen molar-refractivity contribution in [2.75, 3.05) is 12.3 Å². The van der Waals surface area contributed by atoms with Crippen molar-refractivity contribution < 1.29 is 4.74 Å². The molecule has 0 aliphatic carbocycles. The number of nitrogens with two attached hydrogens (primary N) is 1. The van der Waals surface area contributed by atoms with Crippen LogP contribution in [0.4, 0.5) is 5.69 Å². The van der Waals surface area contributed by atoms with Gasteiger partial charge in [0.25, 0.3) is 0 Å². The average molecular weight is 229 g/mol. The minimum absolute atomic E-state index is 0.560. The van der Waals surface area contributed by atoms with Crippen molar-refractivity contribution in [3.05, 3.63) is 47.9 Å². The maximum atomic E-state index is 5.84. The lowest BCUT2D eigenvalue weighted by molar-refractivity contribution is 0.308. The van der Waals surface area contributed by atoms with E-state index in [1.165, 1.54) is 0 Å². The number of para-hydroxylation sites is 1. The fourth-order valence-electron chi connectivity index (χ4n) is 1.54. The molecule has 4 nitrogen and oxygen atoms in total. The van der Waals surface area contributed by atoms with Crippen molar-refractivity contribution in [2.24, 2.45) is 0 Å². The molecule has 0 radical (unpaired) electrons. The van der Waals surface area contributed by atoms with Crippen LogP contribution >= 0.6 is 0 Å². The third kappa shape index (κ3) is 3.17. The van der Waals surface area contributed by atoms with Crippen LogP contribution < -0.4 is 10.5 Å². The largest absolute Gasteiger partial charge is 0.477 e. The van der Waals surface area contributed by atoms with Gasteiger partial charge in [-0.15, -0.1) is 0 Å². The Morgan fingerprint density at radius 1 is 1.24 bits per heavy atom. The Labute approximate surface area is 100 Å². The Morgan fingerprint density at radius 2 is 2.06 bits per heavy atom. The highest BCUT2D eigenvalue weighted by atomic mass is 16.5. The number of nitrogens with zero attached hydrogens (tertiary/aromatic N) is 2. The summed E-state index contributed by atoms with van der Waals surface area (Å²) in [5.41, 5.74) is 7.74. The number of hydrogen-bond donors (Lipinski definition) is 1. The highest BCUT2D eigenvalue weighted by Gasteiger charge is 2.00. The van der Waals surface area contributed by atoms with Crippen molar-refractivity contribution in [3.63, 3.8) is 0 Å². The van der Waals surface area contributed by atoms with E-state index in [-0.39, 0.29) is 0 Å². The van der Waals surface area contributed by atoms with Gasteiger partial charge in [-0.05, 0) is 18.6 Å². The molecule has 17 heavy (non-hydrogen) atoms. The van der Waals surface area contributed by atoms with E-state index in [0.29, 0.717) is 18.3 Å². The smallest absolute Gasteiger partial charge is 0.216 e. The summed E-state index contributed by atoms with van der Waals surface area (Å²) in [5, 5.41) is 0. The van der Waals surface area contributed by atoms with E-state index in [1.54, 1.807) is 12.3 Å². The molecule has 0 amide bonds. The Bertz CT molecular complexity index is 500. The van der Waals surface area contributed by atoms with Crippen molar-refractivity contribution in [3.8, 4) is 5.88 Å². The number of rotatable bonds is 4. The van der Waals surface area contributed by atoms with Gasteiger partial charge in [-0.1, -0.05) is 18.2 Å². The number of anilines is 1. The molecular weight excluding hydrogens is 214 g/mol. The quantitative estimate of drug-likeness (QED) is 0.814. The molecule has 1 aromatic heterocycles. The van der Waals surface area contributed by atoms with Crippen LogP contribution in [0.2, 0.25) is 0 Å². The molecule has 0 aliphatic rings. The minimum atomic E-state index is 0.560. The Balaban J connectivity index is 1.90. The molecule has 0 fully saturated rings. The van der Waals surface area contributed by atoms with Gasteiger partial charge >= 0.3 is 0 Å². The Morgan fingerprint density at radius 3 is 2.82 bits per heavy atom. The molecule has 0 atom stereocenters. The second kappa shape index (κ2) is 5.30. The number of nitrogen functional groups attached to an aromatic ring is 1. The van der Waals surface area contributed by atoms with Crippen molar-refractivity contribution in [1.29, 1.82) is 0 Å². The molecule has 0 unspecified atom stereocenters. The molecule has 2 N–H and O–H groups in total. The number of aromatic nitrogens is 2. The van der Waals surface area contributed by atoms with Gasteiger partial charge in [0, 0.05) is 24.4 Å². The summed E-state index contributed by atoms with van der Waals surface area (Å²) in [6, 6.07) is 9.55. The van der Waals surface area contributed by atoms with Crippen LogP contribution in [0.5, 0.6) is 5.88 Å². The predicted molar refractivity (Wildman–Crippen MR) is 66.8 cm³/mol. The van der Waals surface area contributed by atoms with Gasteiger partial charge < -0.3 is 10.5 Å². The average Bonchev–Trinajstić information content (AvgIpc) is 2.32. The van der Waals surface area contributed by atoms with Crippen LogP contribution in [0.1, 0.15) is 11.4 Å². The molecule has 2 rings (SSSR count). The molecular formula is C13H15N3O. The third-order valence-electron chi connectivity index (χ3n) is 2.43. The number of aryl methyl sites for hydroxylation is 1. The summed E-state index contributed by atoms with van der Waals surface area (Å²) in [6.45, 7) is 2.40. The summed E-state index contributed by atoms with van der Waals surface area (Å²) in [7, 11) is 0. The predicted octanol–water partition coefficient (Wildman–Crippen LogP) is 1.99. The minimum Gasteiger partial charge on any atom is -0.477 e. The molecule has 1 heterocycles. The van der Waals surface area contributed by atoms with Gasteiger partial charge in [-0.2, -0.15) is 4.98 Å². The van der Waals surface area contributed by atoms with Crippen LogP contribution in [-0.4, -0.2) is 16.6 Å². The molecule has 0 saturated carbocycles. The van der Waals surface area contributed by atoms with Gasteiger partial charge in [0.05, 0.1) is 6.61 Å². The van der Waals surface area contributed by atoms with Crippen molar-refractivity contribution >= 4 is 5.69 Å². The zero-order chi connectivity index (χ0) is 12.1. The monoisotopic (exact) mass is 229 g/mol. The van der Waals surface area contributed by atoms with Crippen molar-refractivity contribution in [2.45, 2.75) is 13.3 Å². The first kappa shape index (κ1) is 11.4. The lowest BCUT2D eigenvalue weighted by Crippen LogP contribution is -2.05. The zero-order valence-corrected chi connectivity index (χ0v) is 9.76. The van der Waals surface area contributed by atoms with Gasteiger partial charge in [0.2, 0.25) is 5.88 Å². The zero-order valence-electron chi connectivity index (χ0n) is 9.76. The van der Waals surface area contributed by atoms with E-state index >= 15 is 0 Å². The maximum Gasteiger partial charge on any atom is 0.216 e. The first-order valence-corrected chi connectivity index (χ1v) is 5.51. The van der Waals surface area contributed by atoms with E-state index in [9.17, 15) is 0 Å². The van der Waals surface area contributed by atoms with E-state index in [1.807, 2.05) is 31.2 Å². The van der Waals surface area contributed by atoms with E-state index < -0.39 is 0 Å². The number of benzene rings is 1. The molecule has 1 aromatic carbocycles. The summed E-state index contributed by atoms with van der Waals surface area (Å²) in [4.78, 5) is 8.17. The Hall–Kier alpha value is -2.10. The highest BCUT2D eigenvalue weighted by molar-refractivity contribution is 5.46. The summed E-state index contributed by atoms with van der Waals surface area (Å²) < 4.78 is 5.54. The Kier molecular flexibility index (Phi) is 3.55. The van der Waals surface area contributed by atoms with Gasteiger partial charge in [0.1, 0.15) is 5.82 Å². The SMILES string of the molecule is Cc1nccc(OCCc2ccccc2N)n1. The molecule has 88 valence electrons. The summed E-state index contributed by atoms with van der Waals surface area (Å²) >= 11 is 0. The molecule has 4 heteroatoms. The number of ether oxygens (including phenoxy) is 1.